The van der Waals surface area contributed by atoms with Crippen molar-refractivity contribution in [3.05, 3.63) is 70.2 Å². The molecule has 3 aromatic rings. The fourth-order valence-corrected chi connectivity index (χ4v) is 4.24. The molecule has 1 aromatic carbocycles. The van der Waals surface area contributed by atoms with E-state index in [0.29, 0.717) is 12.4 Å². The first-order chi connectivity index (χ1) is 13.7. The zero-order valence-electron chi connectivity index (χ0n) is 16.0. The van der Waals surface area contributed by atoms with Crippen LogP contribution in [0.1, 0.15) is 34.9 Å². The summed E-state index contributed by atoms with van der Waals surface area (Å²) >= 11 is 1.64. The van der Waals surface area contributed by atoms with Crippen molar-refractivity contribution in [2.75, 3.05) is 18.4 Å². The summed E-state index contributed by atoms with van der Waals surface area (Å²) < 4.78 is 0. The quantitative estimate of drug-likeness (QED) is 0.693. The zero-order valence-corrected chi connectivity index (χ0v) is 16.8. The molecule has 144 valence electrons. The van der Waals surface area contributed by atoms with Gasteiger partial charge in [-0.3, -0.25) is 4.79 Å². The third kappa shape index (κ3) is 4.57. The highest BCUT2D eigenvalue weighted by atomic mass is 32.1. The molecule has 28 heavy (non-hydrogen) atoms. The summed E-state index contributed by atoms with van der Waals surface area (Å²) in [4.78, 5) is 24.9. The standard InChI is InChI=1S/C22H24N4OS/c1-16-6-8-18(9-7-16)24-22-23-11-10-20(25-22)17-4-2-12-26(15-17)21(27)14-19-5-3-13-28-19/h3,5-11,13,17H,2,4,12,14-15H2,1H3,(H,23,24,25). The Kier molecular flexibility index (Phi) is 5.67. The second-order valence-corrected chi connectivity index (χ2v) is 8.26. The van der Waals surface area contributed by atoms with Crippen molar-refractivity contribution in [1.29, 1.82) is 0 Å². The Labute approximate surface area is 169 Å². The van der Waals surface area contributed by atoms with Gasteiger partial charge in [0, 0.05) is 35.8 Å². The van der Waals surface area contributed by atoms with Crippen LogP contribution in [0.5, 0.6) is 0 Å². The van der Waals surface area contributed by atoms with Crippen molar-refractivity contribution < 1.29 is 4.79 Å². The summed E-state index contributed by atoms with van der Waals surface area (Å²) in [6.45, 7) is 3.63. The lowest BCUT2D eigenvalue weighted by molar-refractivity contribution is -0.131. The number of amides is 1. The Morgan fingerprint density at radius 1 is 1.25 bits per heavy atom. The van der Waals surface area contributed by atoms with E-state index in [4.69, 9.17) is 4.98 Å². The summed E-state index contributed by atoms with van der Waals surface area (Å²) in [6.07, 6.45) is 4.34. The molecule has 3 heterocycles. The van der Waals surface area contributed by atoms with E-state index in [2.05, 4.69) is 29.4 Å². The maximum Gasteiger partial charge on any atom is 0.227 e. The van der Waals surface area contributed by atoms with Gasteiger partial charge in [0.15, 0.2) is 0 Å². The van der Waals surface area contributed by atoms with Crippen LogP contribution < -0.4 is 5.32 Å². The SMILES string of the molecule is Cc1ccc(Nc2nccc(C3CCCN(C(=O)Cc4cccs4)C3)n2)cc1. The van der Waals surface area contributed by atoms with Crippen LogP contribution in [0.25, 0.3) is 0 Å². The van der Waals surface area contributed by atoms with E-state index in [1.807, 2.05) is 40.6 Å². The van der Waals surface area contributed by atoms with Crippen molar-refractivity contribution in [2.45, 2.75) is 32.1 Å². The van der Waals surface area contributed by atoms with E-state index >= 15 is 0 Å². The van der Waals surface area contributed by atoms with Crippen LogP contribution in [0.4, 0.5) is 11.6 Å². The van der Waals surface area contributed by atoms with Gasteiger partial charge in [-0.1, -0.05) is 23.8 Å². The summed E-state index contributed by atoms with van der Waals surface area (Å²) in [5.74, 6) is 1.06. The van der Waals surface area contributed by atoms with Gasteiger partial charge in [-0.2, -0.15) is 0 Å². The third-order valence-electron chi connectivity index (χ3n) is 5.08. The molecule has 1 atom stereocenters. The molecular formula is C22H24N4OS. The molecule has 0 bridgehead atoms. The van der Waals surface area contributed by atoms with Crippen LogP contribution in [0.3, 0.4) is 0 Å². The first-order valence-electron chi connectivity index (χ1n) is 9.64. The zero-order chi connectivity index (χ0) is 19.3. The first kappa shape index (κ1) is 18.6. The van der Waals surface area contributed by atoms with Gasteiger partial charge >= 0.3 is 0 Å². The van der Waals surface area contributed by atoms with E-state index in [9.17, 15) is 4.79 Å². The summed E-state index contributed by atoms with van der Waals surface area (Å²) in [5.41, 5.74) is 3.19. The molecule has 5 nitrogen and oxygen atoms in total. The normalized spacial score (nSPS) is 16.8. The number of anilines is 2. The molecule has 1 N–H and O–H groups in total. The van der Waals surface area contributed by atoms with E-state index in [-0.39, 0.29) is 11.8 Å². The first-order valence-corrected chi connectivity index (χ1v) is 10.5. The fourth-order valence-electron chi connectivity index (χ4n) is 3.55. The fraction of sp³-hybridized carbons (Fsp3) is 0.318. The van der Waals surface area contributed by atoms with Gasteiger partial charge in [0.1, 0.15) is 0 Å². The number of piperidine rings is 1. The molecule has 0 aliphatic carbocycles. The minimum atomic E-state index is 0.208. The van der Waals surface area contributed by atoms with E-state index < -0.39 is 0 Å². The lowest BCUT2D eigenvalue weighted by atomic mass is 9.94. The van der Waals surface area contributed by atoms with E-state index in [1.165, 1.54) is 5.56 Å². The highest BCUT2D eigenvalue weighted by Gasteiger charge is 2.26. The monoisotopic (exact) mass is 392 g/mol. The predicted octanol–water partition coefficient (Wildman–Crippen LogP) is 4.54. The molecule has 1 amide bonds. The molecule has 0 radical (unpaired) electrons. The van der Waals surface area contributed by atoms with Gasteiger partial charge in [0.2, 0.25) is 11.9 Å². The number of aryl methyl sites for hydroxylation is 1. The smallest absolute Gasteiger partial charge is 0.227 e. The summed E-state index contributed by atoms with van der Waals surface area (Å²) in [5, 5.41) is 5.29. The molecule has 1 aliphatic heterocycles. The third-order valence-corrected chi connectivity index (χ3v) is 5.96. The Morgan fingerprint density at radius 2 is 2.11 bits per heavy atom. The predicted molar refractivity (Wildman–Crippen MR) is 113 cm³/mol. The molecule has 1 unspecified atom stereocenters. The van der Waals surface area contributed by atoms with E-state index in [0.717, 1.165) is 42.2 Å². The lowest BCUT2D eigenvalue weighted by Crippen LogP contribution is -2.40. The van der Waals surface area contributed by atoms with Gasteiger partial charge in [0.05, 0.1) is 12.1 Å². The van der Waals surface area contributed by atoms with Crippen LogP contribution in [0.2, 0.25) is 0 Å². The van der Waals surface area contributed by atoms with Crippen molar-refractivity contribution in [3.8, 4) is 0 Å². The number of thiophene rings is 1. The number of carbonyl (C=O) groups excluding carboxylic acids is 1. The van der Waals surface area contributed by atoms with Crippen LogP contribution in [-0.2, 0) is 11.2 Å². The van der Waals surface area contributed by atoms with Gasteiger partial charge in [-0.15, -0.1) is 11.3 Å². The number of rotatable bonds is 5. The Morgan fingerprint density at radius 3 is 2.89 bits per heavy atom. The molecule has 0 spiro atoms. The maximum atomic E-state index is 12.7. The number of nitrogens with one attached hydrogen (secondary N) is 1. The topological polar surface area (TPSA) is 58.1 Å². The van der Waals surface area contributed by atoms with Crippen LogP contribution in [0, 0.1) is 6.92 Å². The minimum absolute atomic E-state index is 0.208. The Balaban J connectivity index is 1.43. The van der Waals surface area contributed by atoms with Gasteiger partial charge in [-0.05, 0) is 49.4 Å². The Bertz CT molecular complexity index is 924. The number of hydrogen-bond acceptors (Lipinski definition) is 5. The van der Waals surface area contributed by atoms with Crippen molar-refractivity contribution in [2.24, 2.45) is 0 Å². The number of carbonyl (C=O) groups is 1. The number of nitrogens with zero attached hydrogens (tertiary/aromatic N) is 3. The summed E-state index contributed by atoms with van der Waals surface area (Å²) in [6, 6.07) is 14.2. The number of hydrogen-bond donors (Lipinski definition) is 1. The molecule has 1 fully saturated rings. The van der Waals surface area contributed by atoms with Crippen molar-refractivity contribution >= 4 is 28.9 Å². The van der Waals surface area contributed by atoms with Crippen molar-refractivity contribution in [1.82, 2.24) is 14.9 Å². The number of aromatic nitrogens is 2. The van der Waals surface area contributed by atoms with Crippen LogP contribution >= 0.6 is 11.3 Å². The molecule has 2 aromatic heterocycles. The highest BCUT2D eigenvalue weighted by molar-refractivity contribution is 7.10. The molecule has 6 heteroatoms. The van der Waals surface area contributed by atoms with E-state index in [1.54, 1.807) is 17.5 Å². The molecular weight excluding hydrogens is 368 g/mol. The van der Waals surface area contributed by atoms with Gasteiger partial charge in [-0.25, -0.2) is 9.97 Å². The molecule has 4 rings (SSSR count). The van der Waals surface area contributed by atoms with Gasteiger partial charge in [0.25, 0.3) is 0 Å². The largest absolute Gasteiger partial charge is 0.342 e. The average Bonchev–Trinajstić information content (AvgIpc) is 3.23. The molecule has 1 aliphatic rings. The number of benzene rings is 1. The second-order valence-electron chi connectivity index (χ2n) is 7.23. The minimum Gasteiger partial charge on any atom is -0.342 e. The number of likely N-dealkylation sites (tertiary alicyclic amines) is 1. The maximum absolute atomic E-state index is 12.7. The summed E-state index contributed by atoms with van der Waals surface area (Å²) in [7, 11) is 0. The van der Waals surface area contributed by atoms with Crippen LogP contribution in [-0.4, -0.2) is 33.9 Å². The van der Waals surface area contributed by atoms with Crippen LogP contribution in [0.15, 0.2) is 54.0 Å². The highest BCUT2D eigenvalue weighted by Crippen LogP contribution is 2.27. The second kappa shape index (κ2) is 8.52. The molecule has 0 saturated carbocycles. The average molecular weight is 393 g/mol. The molecule has 1 saturated heterocycles. The lowest BCUT2D eigenvalue weighted by Gasteiger charge is -2.32. The van der Waals surface area contributed by atoms with Crippen molar-refractivity contribution in [3.63, 3.8) is 0 Å². The van der Waals surface area contributed by atoms with Gasteiger partial charge < -0.3 is 10.2 Å². The Hall–Kier alpha value is -2.73.